The van der Waals surface area contributed by atoms with Gasteiger partial charge >= 0.3 is 0 Å². The highest BCUT2D eigenvalue weighted by Gasteiger charge is 2.09. The Kier molecular flexibility index (Phi) is 7.49. The van der Waals surface area contributed by atoms with E-state index < -0.39 is 0 Å². The second-order valence-electron chi connectivity index (χ2n) is 5.36. The first-order chi connectivity index (χ1) is 13.2. The predicted octanol–water partition coefficient (Wildman–Crippen LogP) is 3.64. The highest BCUT2D eigenvalue weighted by Crippen LogP contribution is 2.30. The zero-order valence-corrected chi connectivity index (χ0v) is 17.1. The van der Waals surface area contributed by atoms with E-state index in [0.717, 1.165) is 25.9 Å². The molecule has 0 aliphatic carbocycles. The van der Waals surface area contributed by atoms with Crippen LogP contribution in [0.5, 0.6) is 5.75 Å². The number of carbonyl (C=O) groups excluding carboxylic acids is 1. The highest BCUT2D eigenvalue weighted by molar-refractivity contribution is 8.03. The summed E-state index contributed by atoms with van der Waals surface area (Å²) in [4.78, 5) is 16.1. The van der Waals surface area contributed by atoms with Gasteiger partial charge in [-0.2, -0.15) is 0 Å². The van der Waals surface area contributed by atoms with Crippen molar-refractivity contribution in [3.8, 4) is 5.75 Å². The maximum atomic E-state index is 11.9. The van der Waals surface area contributed by atoms with Gasteiger partial charge in [0.2, 0.25) is 5.91 Å². The van der Waals surface area contributed by atoms with Gasteiger partial charge in [-0.05, 0) is 29.8 Å². The normalized spacial score (nSPS) is 10.6. The lowest BCUT2D eigenvalue weighted by Crippen LogP contribution is -2.24. The Balaban J connectivity index is 1.40. The number of hydrogen-bond acceptors (Lipinski definition) is 8. The fourth-order valence-electron chi connectivity index (χ4n) is 2.05. The largest absolute Gasteiger partial charge is 0.497 e. The standard InChI is InChI=1S/C18H18N4O2S3/c1-24-15-7-5-13(6-8-15)11-25-17-21-22-18(27-17)26-12-16(23)20-10-14-4-2-3-9-19-14/h2-9H,10-12H2,1H3,(H,20,23). The van der Waals surface area contributed by atoms with E-state index in [1.807, 2.05) is 42.5 Å². The molecule has 0 spiro atoms. The molecule has 27 heavy (non-hydrogen) atoms. The molecule has 2 aromatic heterocycles. The second kappa shape index (κ2) is 10.3. The number of thioether (sulfide) groups is 2. The Morgan fingerprint density at radius 2 is 1.89 bits per heavy atom. The number of nitrogens with one attached hydrogen (secondary N) is 1. The Hall–Kier alpha value is -2.10. The molecule has 0 radical (unpaired) electrons. The SMILES string of the molecule is COc1ccc(CSc2nnc(SCC(=O)NCc3ccccn3)s2)cc1. The third kappa shape index (κ3) is 6.53. The quantitative estimate of drug-likeness (QED) is 0.532. The predicted molar refractivity (Wildman–Crippen MR) is 109 cm³/mol. The lowest BCUT2D eigenvalue weighted by molar-refractivity contribution is -0.118. The number of amides is 1. The summed E-state index contributed by atoms with van der Waals surface area (Å²) in [5.74, 6) is 1.92. The average molecular weight is 419 g/mol. The number of pyridine rings is 1. The van der Waals surface area contributed by atoms with Crippen LogP contribution in [0.3, 0.4) is 0 Å². The molecule has 0 unspecified atom stereocenters. The lowest BCUT2D eigenvalue weighted by atomic mass is 10.2. The monoisotopic (exact) mass is 418 g/mol. The molecule has 9 heteroatoms. The molecule has 0 aliphatic heterocycles. The van der Waals surface area contributed by atoms with Crippen molar-refractivity contribution in [3.63, 3.8) is 0 Å². The fraction of sp³-hybridized carbons (Fsp3) is 0.222. The van der Waals surface area contributed by atoms with E-state index in [1.54, 1.807) is 25.1 Å². The van der Waals surface area contributed by atoms with Crippen LogP contribution in [-0.4, -0.2) is 34.0 Å². The molecular weight excluding hydrogens is 400 g/mol. The van der Waals surface area contributed by atoms with Crippen LogP contribution in [0.2, 0.25) is 0 Å². The third-order valence-electron chi connectivity index (χ3n) is 3.43. The van der Waals surface area contributed by atoms with Gasteiger partial charge in [0, 0.05) is 11.9 Å². The van der Waals surface area contributed by atoms with E-state index in [2.05, 4.69) is 20.5 Å². The number of aromatic nitrogens is 3. The molecule has 6 nitrogen and oxygen atoms in total. The summed E-state index contributed by atoms with van der Waals surface area (Å²) < 4.78 is 6.84. The molecule has 1 amide bonds. The van der Waals surface area contributed by atoms with Crippen LogP contribution in [0.25, 0.3) is 0 Å². The first-order valence-corrected chi connectivity index (χ1v) is 10.9. The summed E-state index contributed by atoms with van der Waals surface area (Å²) in [6.45, 7) is 0.430. The fourth-order valence-corrected chi connectivity index (χ4v) is 4.86. The molecular formula is C18H18N4O2S3. The zero-order chi connectivity index (χ0) is 18.9. The van der Waals surface area contributed by atoms with E-state index in [9.17, 15) is 4.79 Å². The molecule has 0 saturated heterocycles. The van der Waals surface area contributed by atoms with Crippen molar-refractivity contribution in [2.24, 2.45) is 0 Å². The summed E-state index contributed by atoms with van der Waals surface area (Å²) in [7, 11) is 1.66. The molecule has 0 saturated carbocycles. The summed E-state index contributed by atoms with van der Waals surface area (Å²) in [6.07, 6.45) is 1.71. The number of methoxy groups -OCH3 is 1. The van der Waals surface area contributed by atoms with Gasteiger partial charge < -0.3 is 10.1 Å². The summed E-state index contributed by atoms with van der Waals surface area (Å²) in [6, 6.07) is 13.6. The third-order valence-corrected chi connectivity index (χ3v) is 6.69. The number of carbonyl (C=O) groups is 1. The Morgan fingerprint density at radius 3 is 2.59 bits per heavy atom. The van der Waals surface area contributed by atoms with E-state index in [1.165, 1.54) is 28.7 Å². The Labute approximate surface area is 170 Å². The maximum absolute atomic E-state index is 11.9. The van der Waals surface area contributed by atoms with Gasteiger partial charge in [-0.3, -0.25) is 9.78 Å². The van der Waals surface area contributed by atoms with Gasteiger partial charge in [-0.1, -0.05) is 53.1 Å². The molecule has 0 aliphatic rings. The number of hydrogen-bond donors (Lipinski definition) is 1. The molecule has 0 fully saturated rings. The van der Waals surface area contributed by atoms with Crippen molar-refractivity contribution in [2.75, 3.05) is 12.9 Å². The molecule has 1 aromatic carbocycles. The van der Waals surface area contributed by atoms with Crippen molar-refractivity contribution in [1.82, 2.24) is 20.5 Å². The molecule has 1 N–H and O–H groups in total. The molecule has 3 aromatic rings. The minimum Gasteiger partial charge on any atom is -0.497 e. The topological polar surface area (TPSA) is 77.0 Å². The second-order valence-corrected chi connectivity index (χ2v) is 8.78. The van der Waals surface area contributed by atoms with Crippen LogP contribution >= 0.6 is 34.9 Å². The van der Waals surface area contributed by atoms with Crippen molar-refractivity contribution >= 4 is 40.8 Å². The van der Waals surface area contributed by atoms with Crippen LogP contribution in [0.1, 0.15) is 11.3 Å². The minimum absolute atomic E-state index is 0.0479. The summed E-state index contributed by atoms with van der Waals surface area (Å²) in [5, 5.41) is 11.2. The Bertz CT molecular complexity index is 857. The van der Waals surface area contributed by atoms with Crippen LogP contribution in [0.15, 0.2) is 57.3 Å². The van der Waals surface area contributed by atoms with Gasteiger partial charge in [-0.15, -0.1) is 10.2 Å². The van der Waals surface area contributed by atoms with Crippen LogP contribution in [-0.2, 0) is 17.1 Å². The summed E-state index contributed by atoms with van der Waals surface area (Å²) in [5.41, 5.74) is 2.03. The van der Waals surface area contributed by atoms with Crippen molar-refractivity contribution in [3.05, 3.63) is 59.9 Å². The first-order valence-electron chi connectivity index (χ1n) is 8.11. The molecule has 2 heterocycles. The molecule has 0 bridgehead atoms. The maximum Gasteiger partial charge on any atom is 0.230 e. The number of benzene rings is 1. The van der Waals surface area contributed by atoms with Crippen molar-refractivity contribution in [2.45, 2.75) is 21.0 Å². The average Bonchev–Trinajstić information content (AvgIpc) is 3.18. The molecule has 0 atom stereocenters. The highest BCUT2D eigenvalue weighted by atomic mass is 32.2. The Morgan fingerprint density at radius 1 is 1.11 bits per heavy atom. The van der Waals surface area contributed by atoms with E-state index >= 15 is 0 Å². The number of nitrogens with zero attached hydrogens (tertiary/aromatic N) is 3. The number of ether oxygens (including phenoxy) is 1. The van der Waals surface area contributed by atoms with E-state index in [-0.39, 0.29) is 5.91 Å². The molecule has 140 valence electrons. The van der Waals surface area contributed by atoms with Gasteiger partial charge in [0.1, 0.15) is 5.75 Å². The first kappa shape index (κ1) is 19.7. The number of rotatable bonds is 9. The summed E-state index contributed by atoms with van der Waals surface area (Å²) >= 11 is 4.53. The zero-order valence-electron chi connectivity index (χ0n) is 14.6. The lowest BCUT2D eigenvalue weighted by Gasteiger charge is -2.03. The van der Waals surface area contributed by atoms with Gasteiger partial charge in [0.05, 0.1) is 25.1 Å². The van der Waals surface area contributed by atoms with Gasteiger partial charge in [0.25, 0.3) is 0 Å². The van der Waals surface area contributed by atoms with Crippen LogP contribution in [0.4, 0.5) is 0 Å². The van der Waals surface area contributed by atoms with E-state index in [0.29, 0.717) is 12.3 Å². The van der Waals surface area contributed by atoms with Crippen molar-refractivity contribution in [1.29, 1.82) is 0 Å². The molecule has 3 rings (SSSR count). The van der Waals surface area contributed by atoms with E-state index in [4.69, 9.17) is 4.74 Å². The smallest absolute Gasteiger partial charge is 0.230 e. The minimum atomic E-state index is -0.0479. The van der Waals surface area contributed by atoms with Crippen LogP contribution < -0.4 is 10.1 Å². The van der Waals surface area contributed by atoms with Gasteiger partial charge in [0.15, 0.2) is 8.68 Å². The van der Waals surface area contributed by atoms with Gasteiger partial charge in [-0.25, -0.2) is 0 Å². The van der Waals surface area contributed by atoms with Crippen LogP contribution in [0, 0.1) is 0 Å². The van der Waals surface area contributed by atoms with Crippen molar-refractivity contribution < 1.29 is 9.53 Å².